The zero-order valence-electron chi connectivity index (χ0n) is 11.4. The molecule has 0 unspecified atom stereocenters. The maximum Gasteiger partial charge on any atom is 0.226 e. The number of benzene rings is 1. The van der Waals surface area contributed by atoms with Crippen molar-refractivity contribution in [3.8, 4) is 0 Å². The minimum atomic E-state index is 0.140. The van der Waals surface area contributed by atoms with Gasteiger partial charge >= 0.3 is 0 Å². The lowest BCUT2D eigenvalue weighted by atomic mass is 10.1. The predicted molar refractivity (Wildman–Crippen MR) is 74.9 cm³/mol. The number of hydrogen-bond donors (Lipinski definition) is 0. The number of furan rings is 1. The Kier molecular flexibility index (Phi) is 4.39. The topological polar surface area (TPSA) is 33.5 Å². The lowest BCUT2D eigenvalue weighted by Gasteiger charge is -2.17. The summed E-state index contributed by atoms with van der Waals surface area (Å²) >= 11 is 0. The Bertz CT molecular complexity index is 531. The molecular formula is C16H19NO2. The third-order valence-electron chi connectivity index (χ3n) is 3.30. The van der Waals surface area contributed by atoms with Gasteiger partial charge in [0.15, 0.2) is 0 Å². The van der Waals surface area contributed by atoms with Crippen molar-refractivity contribution in [3.05, 3.63) is 59.5 Å². The van der Waals surface area contributed by atoms with Gasteiger partial charge in [-0.05, 0) is 30.2 Å². The fourth-order valence-corrected chi connectivity index (χ4v) is 1.96. The van der Waals surface area contributed by atoms with Crippen LogP contribution in [0.15, 0.2) is 47.1 Å². The molecular weight excluding hydrogens is 238 g/mol. The van der Waals surface area contributed by atoms with Crippen molar-refractivity contribution < 1.29 is 9.21 Å². The number of hydrogen-bond acceptors (Lipinski definition) is 2. The summed E-state index contributed by atoms with van der Waals surface area (Å²) in [5, 5.41) is 0. The summed E-state index contributed by atoms with van der Waals surface area (Å²) in [7, 11) is 1.84. The van der Waals surface area contributed by atoms with Crippen molar-refractivity contribution >= 4 is 5.91 Å². The van der Waals surface area contributed by atoms with Gasteiger partial charge in [-0.2, -0.15) is 0 Å². The first-order valence-electron chi connectivity index (χ1n) is 6.47. The normalized spacial score (nSPS) is 10.4. The van der Waals surface area contributed by atoms with Crippen molar-refractivity contribution in [1.29, 1.82) is 0 Å². The number of carbonyl (C=O) groups is 1. The quantitative estimate of drug-likeness (QED) is 0.825. The lowest BCUT2D eigenvalue weighted by molar-refractivity contribution is -0.129. The molecule has 1 heterocycles. The van der Waals surface area contributed by atoms with Crippen molar-refractivity contribution in [2.45, 2.75) is 19.8 Å². The van der Waals surface area contributed by atoms with Crippen LogP contribution >= 0.6 is 0 Å². The Morgan fingerprint density at radius 2 is 2.00 bits per heavy atom. The van der Waals surface area contributed by atoms with Crippen LogP contribution in [-0.4, -0.2) is 24.4 Å². The molecule has 2 aromatic rings. The molecule has 0 N–H and O–H groups in total. The first-order chi connectivity index (χ1) is 9.16. The number of amides is 1. The molecule has 0 spiro atoms. The molecule has 0 saturated heterocycles. The molecule has 0 aliphatic carbocycles. The van der Waals surface area contributed by atoms with Crippen LogP contribution in [0.4, 0.5) is 0 Å². The number of carbonyl (C=O) groups excluding carboxylic acids is 1. The SMILES string of the molecule is Cc1ccccc1CC(=O)N(C)CCc1ccco1. The van der Waals surface area contributed by atoms with Gasteiger partial charge in [-0.3, -0.25) is 4.79 Å². The van der Waals surface area contributed by atoms with E-state index in [9.17, 15) is 4.79 Å². The maximum atomic E-state index is 12.1. The second-order valence-corrected chi connectivity index (χ2v) is 4.75. The van der Waals surface area contributed by atoms with E-state index < -0.39 is 0 Å². The highest BCUT2D eigenvalue weighted by atomic mass is 16.3. The zero-order chi connectivity index (χ0) is 13.7. The molecule has 19 heavy (non-hydrogen) atoms. The van der Waals surface area contributed by atoms with E-state index >= 15 is 0 Å². The fourth-order valence-electron chi connectivity index (χ4n) is 1.96. The van der Waals surface area contributed by atoms with E-state index in [1.165, 1.54) is 0 Å². The van der Waals surface area contributed by atoms with Crippen LogP contribution in [0, 0.1) is 6.92 Å². The third kappa shape index (κ3) is 3.71. The smallest absolute Gasteiger partial charge is 0.226 e. The molecule has 0 saturated carbocycles. The number of rotatable bonds is 5. The second kappa shape index (κ2) is 6.23. The van der Waals surface area contributed by atoms with Crippen molar-refractivity contribution in [2.75, 3.05) is 13.6 Å². The predicted octanol–water partition coefficient (Wildman–Crippen LogP) is 2.83. The third-order valence-corrected chi connectivity index (χ3v) is 3.30. The molecule has 2 rings (SSSR count). The van der Waals surface area contributed by atoms with E-state index in [0.29, 0.717) is 13.0 Å². The largest absolute Gasteiger partial charge is 0.469 e. The van der Waals surface area contributed by atoms with Crippen LogP contribution in [-0.2, 0) is 17.6 Å². The Morgan fingerprint density at radius 3 is 2.68 bits per heavy atom. The number of aryl methyl sites for hydroxylation is 1. The minimum Gasteiger partial charge on any atom is -0.469 e. The van der Waals surface area contributed by atoms with E-state index in [1.54, 1.807) is 11.2 Å². The Labute approximate surface area is 113 Å². The molecule has 1 amide bonds. The van der Waals surface area contributed by atoms with Crippen molar-refractivity contribution in [3.63, 3.8) is 0 Å². The average molecular weight is 257 g/mol. The Morgan fingerprint density at radius 1 is 1.21 bits per heavy atom. The van der Waals surface area contributed by atoms with Crippen LogP contribution in [0.2, 0.25) is 0 Å². The molecule has 3 nitrogen and oxygen atoms in total. The molecule has 1 aromatic heterocycles. The van der Waals surface area contributed by atoms with E-state index in [4.69, 9.17) is 4.42 Å². The van der Waals surface area contributed by atoms with Gasteiger partial charge in [0.05, 0.1) is 12.7 Å². The first kappa shape index (κ1) is 13.4. The van der Waals surface area contributed by atoms with Crippen LogP contribution in [0.25, 0.3) is 0 Å². The summed E-state index contributed by atoms with van der Waals surface area (Å²) in [5.74, 6) is 1.05. The van der Waals surface area contributed by atoms with Gasteiger partial charge in [-0.1, -0.05) is 24.3 Å². The highest BCUT2D eigenvalue weighted by molar-refractivity contribution is 5.78. The molecule has 0 fully saturated rings. The van der Waals surface area contributed by atoms with Gasteiger partial charge in [0.2, 0.25) is 5.91 Å². The standard InChI is InChI=1S/C16H19NO2/c1-13-6-3-4-7-14(13)12-16(18)17(2)10-9-15-8-5-11-19-15/h3-8,11H,9-10,12H2,1-2H3. The molecule has 3 heteroatoms. The summed E-state index contributed by atoms with van der Waals surface area (Å²) in [5.41, 5.74) is 2.26. The molecule has 1 aromatic carbocycles. The van der Waals surface area contributed by atoms with E-state index in [1.807, 2.05) is 50.4 Å². The minimum absolute atomic E-state index is 0.140. The second-order valence-electron chi connectivity index (χ2n) is 4.75. The Balaban J connectivity index is 1.87. The molecule has 0 aliphatic rings. The molecule has 0 aliphatic heterocycles. The highest BCUT2D eigenvalue weighted by Crippen LogP contribution is 2.09. The van der Waals surface area contributed by atoms with E-state index in [-0.39, 0.29) is 5.91 Å². The zero-order valence-corrected chi connectivity index (χ0v) is 11.4. The molecule has 0 radical (unpaired) electrons. The van der Waals surface area contributed by atoms with Crippen molar-refractivity contribution in [1.82, 2.24) is 4.90 Å². The van der Waals surface area contributed by atoms with E-state index in [0.717, 1.165) is 23.3 Å². The van der Waals surface area contributed by atoms with Gasteiger partial charge in [-0.15, -0.1) is 0 Å². The van der Waals surface area contributed by atoms with Crippen LogP contribution in [0.5, 0.6) is 0 Å². The van der Waals surface area contributed by atoms with Gasteiger partial charge in [0.25, 0.3) is 0 Å². The fraction of sp³-hybridized carbons (Fsp3) is 0.312. The summed E-state index contributed by atoms with van der Waals surface area (Å²) in [6, 6.07) is 11.8. The summed E-state index contributed by atoms with van der Waals surface area (Å²) in [6.45, 7) is 2.71. The molecule has 0 atom stereocenters. The van der Waals surface area contributed by atoms with E-state index in [2.05, 4.69) is 0 Å². The monoisotopic (exact) mass is 257 g/mol. The van der Waals surface area contributed by atoms with Crippen LogP contribution in [0.1, 0.15) is 16.9 Å². The van der Waals surface area contributed by atoms with Gasteiger partial charge < -0.3 is 9.32 Å². The number of likely N-dealkylation sites (N-methyl/N-ethyl adjacent to an activating group) is 1. The van der Waals surface area contributed by atoms with Gasteiger partial charge in [0.1, 0.15) is 5.76 Å². The lowest BCUT2D eigenvalue weighted by Crippen LogP contribution is -2.30. The Hall–Kier alpha value is -2.03. The summed E-state index contributed by atoms with van der Waals surface area (Å²) < 4.78 is 5.26. The number of nitrogens with zero attached hydrogens (tertiary/aromatic N) is 1. The average Bonchev–Trinajstić information content (AvgIpc) is 2.91. The van der Waals surface area contributed by atoms with Gasteiger partial charge in [-0.25, -0.2) is 0 Å². The van der Waals surface area contributed by atoms with Gasteiger partial charge in [0, 0.05) is 20.0 Å². The highest BCUT2D eigenvalue weighted by Gasteiger charge is 2.11. The van der Waals surface area contributed by atoms with Crippen LogP contribution in [0.3, 0.4) is 0 Å². The summed E-state index contributed by atoms with van der Waals surface area (Å²) in [4.78, 5) is 13.9. The molecule has 0 bridgehead atoms. The first-order valence-corrected chi connectivity index (χ1v) is 6.47. The van der Waals surface area contributed by atoms with Crippen molar-refractivity contribution in [2.24, 2.45) is 0 Å². The maximum absolute atomic E-state index is 12.1. The van der Waals surface area contributed by atoms with Crippen LogP contribution < -0.4 is 0 Å². The summed E-state index contributed by atoms with van der Waals surface area (Å²) in [6.07, 6.45) is 2.87. The molecule has 100 valence electrons.